The van der Waals surface area contributed by atoms with Crippen LogP contribution in [-0.2, 0) is 0 Å². The maximum Gasteiger partial charge on any atom is 0.179 e. The molecule has 1 aromatic carbocycles. The number of nitriles is 1. The Morgan fingerprint density at radius 1 is 1.37 bits per heavy atom. The van der Waals surface area contributed by atoms with Gasteiger partial charge in [0.25, 0.3) is 0 Å². The molecule has 27 heavy (non-hydrogen) atoms. The molecule has 0 spiro atoms. The quantitative estimate of drug-likeness (QED) is 0.662. The van der Waals surface area contributed by atoms with E-state index < -0.39 is 0 Å². The number of amidine groups is 1. The zero-order valence-electron chi connectivity index (χ0n) is 15.9. The van der Waals surface area contributed by atoms with Crippen LogP contribution in [0, 0.1) is 11.3 Å². The van der Waals surface area contributed by atoms with Crippen molar-refractivity contribution < 1.29 is 0 Å². The Hall–Kier alpha value is -1.84. The molecule has 3 rings (SSSR count). The van der Waals surface area contributed by atoms with Crippen molar-refractivity contribution in [3.05, 3.63) is 41.6 Å². The molecule has 1 aliphatic heterocycles. The van der Waals surface area contributed by atoms with E-state index in [0.717, 1.165) is 36.5 Å². The van der Waals surface area contributed by atoms with Crippen LogP contribution in [0.2, 0.25) is 0 Å². The fourth-order valence-electron chi connectivity index (χ4n) is 3.59. The Morgan fingerprint density at radius 2 is 2.22 bits per heavy atom. The smallest absolute Gasteiger partial charge is 0.179 e. The predicted molar refractivity (Wildman–Crippen MR) is 119 cm³/mol. The number of nitrogens with zero attached hydrogens (tertiary/aromatic N) is 3. The first-order valence-electron chi connectivity index (χ1n) is 9.71. The van der Waals surface area contributed by atoms with Crippen LogP contribution in [0.15, 0.2) is 41.0 Å². The minimum atomic E-state index is 0.335. The average molecular weight is 399 g/mol. The van der Waals surface area contributed by atoms with E-state index in [0.29, 0.717) is 22.0 Å². The van der Waals surface area contributed by atoms with Crippen LogP contribution >= 0.6 is 24.0 Å². The fourth-order valence-corrected chi connectivity index (χ4v) is 5.41. The van der Waals surface area contributed by atoms with E-state index in [1.165, 1.54) is 18.5 Å². The van der Waals surface area contributed by atoms with Gasteiger partial charge in [-0.2, -0.15) is 5.26 Å². The Kier molecular flexibility index (Phi) is 6.92. The number of allylic oxidation sites excluding steroid dienone is 2. The van der Waals surface area contributed by atoms with E-state index in [2.05, 4.69) is 36.2 Å². The number of hydrogen-bond donors (Lipinski definition) is 1. The third-order valence-corrected chi connectivity index (χ3v) is 6.76. The van der Waals surface area contributed by atoms with Gasteiger partial charge in [0.2, 0.25) is 0 Å². The molecule has 1 aliphatic carbocycles. The van der Waals surface area contributed by atoms with Crippen LogP contribution in [0.1, 0.15) is 57.9 Å². The summed E-state index contributed by atoms with van der Waals surface area (Å²) in [6.45, 7) is 4.44. The molecule has 0 aromatic heterocycles. The summed E-state index contributed by atoms with van der Waals surface area (Å²) in [6, 6.07) is 9.95. The maximum absolute atomic E-state index is 9.13. The summed E-state index contributed by atoms with van der Waals surface area (Å²) in [5, 5.41) is 14.6. The molecule has 1 aromatic rings. The van der Waals surface area contributed by atoms with Crippen molar-refractivity contribution >= 4 is 39.9 Å². The molecule has 1 saturated heterocycles. The Morgan fingerprint density at radius 3 is 2.89 bits per heavy atom. The number of thiocarbonyl (C=S) groups is 1. The number of hydrogen-bond acceptors (Lipinski definition) is 4. The highest BCUT2D eigenvalue weighted by atomic mass is 32.2. The second-order valence-electron chi connectivity index (χ2n) is 6.87. The molecule has 2 unspecified atom stereocenters. The number of benzene rings is 1. The lowest BCUT2D eigenvalue weighted by molar-refractivity contribution is 0.424. The summed E-state index contributed by atoms with van der Waals surface area (Å²) in [5.74, 6) is 0. The lowest BCUT2D eigenvalue weighted by Gasteiger charge is -2.28. The van der Waals surface area contributed by atoms with Gasteiger partial charge in [0.15, 0.2) is 10.3 Å². The van der Waals surface area contributed by atoms with Gasteiger partial charge < -0.3 is 5.32 Å². The second kappa shape index (κ2) is 9.38. The molecule has 2 atom stereocenters. The van der Waals surface area contributed by atoms with Gasteiger partial charge in [0.05, 0.1) is 17.7 Å². The monoisotopic (exact) mass is 398 g/mol. The highest BCUT2D eigenvalue weighted by Gasteiger charge is 2.39. The highest BCUT2D eigenvalue weighted by molar-refractivity contribution is 8.14. The molecular weight excluding hydrogens is 372 g/mol. The first kappa shape index (κ1) is 19.9. The standard InChI is InChI=1S/C21H26N4S2/c1-3-18-19(4-2)27-21(24-16-10-6-5-7-11-16)25(18)20(26)23-17-12-8-9-15(13-17)14-22/h8-10,12-13,18-19H,3-7,11H2,1-2H3,(H,23,26). The van der Waals surface area contributed by atoms with Crippen LogP contribution < -0.4 is 5.32 Å². The highest BCUT2D eigenvalue weighted by Crippen LogP contribution is 2.37. The van der Waals surface area contributed by atoms with Crippen LogP contribution in [0.5, 0.6) is 0 Å². The van der Waals surface area contributed by atoms with Crippen LogP contribution in [0.25, 0.3) is 0 Å². The van der Waals surface area contributed by atoms with E-state index >= 15 is 0 Å². The van der Waals surface area contributed by atoms with E-state index in [1.807, 2.05) is 30.0 Å². The maximum atomic E-state index is 9.13. The Bertz CT molecular complexity index is 794. The molecule has 4 nitrogen and oxygen atoms in total. The van der Waals surface area contributed by atoms with E-state index in [-0.39, 0.29) is 0 Å². The zero-order chi connectivity index (χ0) is 19.2. The number of aliphatic imine (C=N–C) groups is 1. The number of thioether (sulfide) groups is 1. The first-order valence-corrected chi connectivity index (χ1v) is 11.0. The molecule has 142 valence electrons. The Labute approximate surface area is 171 Å². The largest absolute Gasteiger partial charge is 0.332 e. The summed E-state index contributed by atoms with van der Waals surface area (Å²) in [5.41, 5.74) is 2.66. The number of anilines is 1. The molecule has 6 heteroatoms. The second-order valence-corrected chi connectivity index (χ2v) is 8.46. The zero-order valence-corrected chi connectivity index (χ0v) is 17.6. The third kappa shape index (κ3) is 4.72. The normalized spacial score (nSPS) is 23.8. The van der Waals surface area contributed by atoms with Gasteiger partial charge in [0.1, 0.15) is 0 Å². The average Bonchev–Trinajstić information content (AvgIpc) is 3.06. The molecule has 0 bridgehead atoms. The summed E-state index contributed by atoms with van der Waals surface area (Å²) < 4.78 is 0. The first-order chi connectivity index (χ1) is 13.2. The van der Waals surface area contributed by atoms with Gasteiger partial charge in [-0.25, -0.2) is 4.99 Å². The summed E-state index contributed by atoms with van der Waals surface area (Å²) in [4.78, 5) is 7.19. The van der Waals surface area contributed by atoms with Gasteiger partial charge in [-0.3, -0.25) is 4.90 Å². The van der Waals surface area contributed by atoms with Gasteiger partial charge in [-0.05, 0) is 68.9 Å². The van der Waals surface area contributed by atoms with Crippen molar-refractivity contribution in [1.82, 2.24) is 4.90 Å². The van der Waals surface area contributed by atoms with Crippen molar-refractivity contribution in [1.29, 1.82) is 5.26 Å². The van der Waals surface area contributed by atoms with E-state index in [1.54, 1.807) is 6.07 Å². The summed E-state index contributed by atoms with van der Waals surface area (Å²) >= 11 is 7.63. The molecule has 0 saturated carbocycles. The van der Waals surface area contributed by atoms with Crippen molar-refractivity contribution in [2.75, 3.05) is 5.32 Å². The molecular formula is C21H26N4S2. The van der Waals surface area contributed by atoms with E-state index in [4.69, 9.17) is 22.5 Å². The minimum Gasteiger partial charge on any atom is -0.332 e. The van der Waals surface area contributed by atoms with Crippen LogP contribution in [0.3, 0.4) is 0 Å². The topological polar surface area (TPSA) is 51.4 Å². The molecule has 2 aliphatic rings. The lowest BCUT2D eigenvalue weighted by Crippen LogP contribution is -2.43. The van der Waals surface area contributed by atoms with Crippen molar-refractivity contribution in [2.24, 2.45) is 4.99 Å². The molecule has 1 fully saturated rings. The van der Waals surface area contributed by atoms with Crippen molar-refractivity contribution in [3.8, 4) is 6.07 Å². The molecule has 1 N–H and O–H groups in total. The SMILES string of the molecule is CCC1SC(=NC2=CCCCC2)N(C(=S)Nc2cccc(C#N)c2)C1CC. The summed E-state index contributed by atoms with van der Waals surface area (Å²) in [6.07, 6.45) is 9.02. The van der Waals surface area contributed by atoms with Gasteiger partial charge in [0, 0.05) is 16.6 Å². The van der Waals surface area contributed by atoms with Gasteiger partial charge in [-0.15, -0.1) is 0 Å². The van der Waals surface area contributed by atoms with Gasteiger partial charge >= 0.3 is 0 Å². The number of nitrogens with one attached hydrogen (secondary N) is 1. The van der Waals surface area contributed by atoms with Crippen molar-refractivity contribution in [2.45, 2.75) is 63.7 Å². The fraction of sp³-hybridized carbons (Fsp3) is 0.476. The lowest BCUT2D eigenvalue weighted by atomic mass is 10.1. The van der Waals surface area contributed by atoms with Crippen molar-refractivity contribution in [3.63, 3.8) is 0 Å². The van der Waals surface area contributed by atoms with Crippen LogP contribution in [0.4, 0.5) is 5.69 Å². The third-order valence-electron chi connectivity index (χ3n) is 5.01. The van der Waals surface area contributed by atoms with Crippen LogP contribution in [-0.4, -0.2) is 26.5 Å². The molecule has 0 amide bonds. The van der Waals surface area contributed by atoms with Gasteiger partial charge in [-0.1, -0.05) is 37.8 Å². The summed E-state index contributed by atoms with van der Waals surface area (Å²) in [7, 11) is 0. The number of rotatable bonds is 4. The molecule has 0 radical (unpaired) electrons. The minimum absolute atomic E-state index is 0.335. The van der Waals surface area contributed by atoms with E-state index in [9.17, 15) is 0 Å². The Balaban J connectivity index is 1.86. The molecule has 1 heterocycles. The predicted octanol–water partition coefficient (Wildman–Crippen LogP) is 5.67.